The summed E-state index contributed by atoms with van der Waals surface area (Å²) in [5.41, 5.74) is 0. The van der Waals surface area contributed by atoms with Crippen molar-refractivity contribution >= 4 is 25.6 Å². The van der Waals surface area contributed by atoms with Gasteiger partial charge in [0.1, 0.15) is 5.82 Å². The number of hydrogen-bond donors (Lipinski definition) is 1. The molecule has 1 aromatic rings. The van der Waals surface area contributed by atoms with E-state index in [0.29, 0.717) is 5.82 Å². The summed E-state index contributed by atoms with van der Waals surface area (Å²) in [6, 6.07) is 4.84. The molecule has 0 spiro atoms. The molecule has 0 aromatic carbocycles. The molecule has 0 aliphatic carbocycles. The highest BCUT2D eigenvalue weighted by molar-refractivity contribution is 8.13. The summed E-state index contributed by atoms with van der Waals surface area (Å²) in [4.78, 5) is 6.08. The van der Waals surface area contributed by atoms with Gasteiger partial charge in [-0.1, -0.05) is 6.07 Å². The van der Waals surface area contributed by atoms with Crippen molar-refractivity contribution < 1.29 is 8.42 Å². The van der Waals surface area contributed by atoms with E-state index in [1.54, 1.807) is 12.1 Å². The first kappa shape index (κ1) is 11.6. The third-order valence-corrected chi connectivity index (χ3v) is 3.60. The highest BCUT2D eigenvalue weighted by atomic mass is 35.7. The Bertz CT molecular complexity index is 471. The summed E-state index contributed by atoms with van der Waals surface area (Å²) in [6.07, 6.45) is 0. The van der Waals surface area contributed by atoms with Crippen LogP contribution in [0.4, 0.5) is 5.82 Å². The summed E-state index contributed by atoms with van der Waals surface area (Å²) >= 11 is 0. The minimum Gasteiger partial charge on any atom is -0.354 e. The topological polar surface area (TPSA) is 62.3 Å². The number of halogens is 1. The van der Waals surface area contributed by atoms with Gasteiger partial charge >= 0.3 is 0 Å². The molecule has 1 aliphatic rings. The lowest BCUT2D eigenvalue weighted by Crippen LogP contribution is -2.43. The molecule has 1 N–H and O–H groups in total. The average Bonchev–Trinajstić information content (AvgIpc) is 2.29. The number of nitrogens with zero attached hydrogens (tertiary/aromatic N) is 2. The average molecular weight is 262 g/mol. The van der Waals surface area contributed by atoms with Crippen LogP contribution in [0.2, 0.25) is 0 Å². The SMILES string of the molecule is O=S(=O)(Cl)c1cccc(N2CCNCC2)n1. The van der Waals surface area contributed by atoms with E-state index in [9.17, 15) is 8.42 Å². The Hall–Kier alpha value is -0.850. The Morgan fingerprint density at radius 2 is 2.00 bits per heavy atom. The molecule has 0 bridgehead atoms. The third kappa shape index (κ3) is 2.63. The summed E-state index contributed by atoms with van der Waals surface area (Å²) in [6.45, 7) is 3.39. The molecule has 1 aromatic heterocycles. The van der Waals surface area contributed by atoms with E-state index in [0.717, 1.165) is 26.2 Å². The van der Waals surface area contributed by atoms with Crippen molar-refractivity contribution in [3.63, 3.8) is 0 Å². The third-order valence-electron chi connectivity index (χ3n) is 2.40. The summed E-state index contributed by atoms with van der Waals surface area (Å²) < 4.78 is 22.3. The molecule has 16 heavy (non-hydrogen) atoms. The predicted molar refractivity (Wildman–Crippen MR) is 62.4 cm³/mol. The molecule has 1 saturated heterocycles. The summed E-state index contributed by atoms with van der Waals surface area (Å²) in [7, 11) is 1.50. The molecule has 0 amide bonds. The van der Waals surface area contributed by atoms with E-state index >= 15 is 0 Å². The highest BCUT2D eigenvalue weighted by Gasteiger charge is 2.16. The Kier molecular flexibility index (Phi) is 3.32. The zero-order chi connectivity index (χ0) is 11.6. The number of piperazine rings is 1. The highest BCUT2D eigenvalue weighted by Crippen LogP contribution is 2.17. The molecule has 0 saturated carbocycles. The van der Waals surface area contributed by atoms with Gasteiger partial charge in [0, 0.05) is 36.9 Å². The Morgan fingerprint density at radius 1 is 1.31 bits per heavy atom. The molecular formula is C9H12ClN3O2S. The lowest BCUT2D eigenvalue weighted by molar-refractivity contribution is 0.581. The molecular weight excluding hydrogens is 250 g/mol. The Morgan fingerprint density at radius 3 is 2.62 bits per heavy atom. The Labute approximate surface area is 98.8 Å². The maximum absolute atomic E-state index is 11.1. The fraction of sp³-hybridized carbons (Fsp3) is 0.444. The maximum atomic E-state index is 11.1. The second kappa shape index (κ2) is 4.57. The van der Waals surface area contributed by atoms with Crippen LogP contribution in [-0.2, 0) is 9.05 Å². The van der Waals surface area contributed by atoms with Crippen LogP contribution in [0.5, 0.6) is 0 Å². The van der Waals surface area contributed by atoms with Crippen LogP contribution in [0.3, 0.4) is 0 Å². The second-order valence-electron chi connectivity index (χ2n) is 3.51. The van der Waals surface area contributed by atoms with Crippen molar-refractivity contribution in [2.75, 3.05) is 31.1 Å². The lowest BCUT2D eigenvalue weighted by Gasteiger charge is -2.28. The van der Waals surface area contributed by atoms with Crippen molar-refractivity contribution in [3.05, 3.63) is 18.2 Å². The first-order chi connectivity index (χ1) is 7.57. The monoisotopic (exact) mass is 261 g/mol. The van der Waals surface area contributed by atoms with E-state index in [2.05, 4.69) is 10.3 Å². The van der Waals surface area contributed by atoms with E-state index in [4.69, 9.17) is 10.7 Å². The van der Waals surface area contributed by atoms with Crippen LogP contribution in [0.1, 0.15) is 0 Å². The van der Waals surface area contributed by atoms with E-state index in [1.807, 2.05) is 4.90 Å². The fourth-order valence-corrected chi connectivity index (χ4v) is 2.31. The van der Waals surface area contributed by atoms with Crippen LogP contribution in [0, 0.1) is 0 Å². The molecule has 2 heterocycles. The zero-order valence-electron chi connectivity index (χ0n) is 8.56. The fourth-order valence-electron chi connectivity index (χ4n) is 1.61. The van der Waals surface area contributed by atoms with Crippen molar-refractivity contribution in [2.45, 2.75) is 5.03 Å². The van der Waals surface area contributed by atoms with Crippen molar-refractivity contribution in [1.82, 2.24) is 10.3 Å². The molecule has 88 valence electrons. The van der Waals surface area contributed by atoms with Gasteiger partial charge < -0.3 is 10.2 Å². The van der Waals surface area contributed by atoms with Crippen molar-refractivity contribution in [1.29, 1.82) is 0 Å². The molecule has 1 aliphatic heterocycles. The smallest absolute Gasteiger partial charge is 0.278 e. The first-order valence-corrected chi connectivity index (χ1v) is 7.26. The largest absolute Gasteiger partial charge is 0.354 e. The van der Waals surface area contributed by atoms with Gasteiger partial charge in [0.05, 0.1) is 0 Å². The van der Waals surface area contributed by atoms with E-state index < -0.39 is 9.05 Å². The molecule has 0 unspecified atom stereocenters. The van der Waals surface area contributed by atoms with E-state index in [1.165, 1.54) is 6.07 Å². The quantitative estimate of drug-likeness (QED) is 0.782. The standard InChI is InChI=1S/C9H12ClN3O2S/c10-16(14,15)9-3-1-2-8(12-9)13-6-4-11-5-7-13/h1-3,11H,4-7H2. The van der Waals surface area contributed by atoms with Gasteiger partial charge in [-0.15, -0.1) is 0 Å². The second-order valence-corrected chi connectivity index (χ2v) is 6.02. The van der Waals surface area contributed by atoms with Crippen LogP contribution in [-0.4, -0.2) is 39.6 Å². The number of hydrogen-bond acceptors (Lipinski definition) is 5. The van der Waals surface area contributed by atoms with Crippen molar-refractivity contribution in [3.8, 4) is 0 Å². The number of anilines is 1. The van der Waals surface area contributed by atoms with Gasteiger partial charge in [-0.3, -0.25) is 0 Å². The predicted octanol–water partition coefficient (Wildman–Crippen LogP) is 0.419. The van der Waals surface area contributed by atoms with Crippen LogP contribution in [0.15, 0.2) is 23.2 Å². The van der Waals surface area contributed by atoms with Crippen LogP contribution < -0.4 is 10.2 Å². The number of pyridine rings is 1. The lowest BCUT2D eigenvalue weighted by atomic mass is 10.3. The minimum absolute atomic E-state index is 0.0924. The summed E-state index contributed by atoms with van der Waals surface area (Å²) in [5.74, 6) is 0.656. The van der Waals surface area contributed by atoms with Gasteiger partial charge in [0.15, 0.2) is 5.03 Å². The van der Waals surface area contributed by atoms with Gasteiger partial charge in [-0.2, -0.15) is 0 Å². The molecule has 1 fully saturated rings. The molecule has 0 atom stereocenters. The molecule has 0 radical (unpaired) electrons. The zero-order valence-corrected chi connectivity index (χ0v) is 10.1. The van der Waals surface area contributed by atoms with Gasteiger partial charge in [-0.05, 0) is 12.1 Å². The van der Waals surface area contributed by atoms with Crippen LogP contribution >= 0.6 is 10.7 Å². The number of nitrogens with one attached hydrogen (secondary N) is 1. The van der Waals surface area contributed by atoms with Gasteiger partial charge in [-0.25, -0.2) is 13.4 Å². The first-order valence-electron chi connectivity index (χ1n) is 4.95. The normalized spacial score (nSPS) is 17.4. The summed E-state index contributed by atoms with van der Waals surface area (Å²) in [5, 5.41) is 3.12. The molecule has 2 rings (SSSR count). The van der Waals surface area contributed by atoms with Gasteiger partial charge in [0.2, 0.25) is 0 Å². The van der Waals surface area contributed by atoms with E-state index in [-0.39, 0.29) is 5.03 Å². The van der Waals surface area contributed by atoms with Gasteiger partial charge in [0.25, 0.3) is 9.05 Å². The molecule has 7 heteroatoms. The minimum atomic E-state index is -3.75. The number of rotatable bonds is 2. The van der Waals surface area contributed by atoms with Crippen LogP contribution in [0.25, 0.3) is 0 Å². The molecule has 5 nitrogen and oxygen atoms in total. The Balaban J connectivity index is 2.28. The van der Waals surface area contributed by atoms with Crippen molar-refractivity contribution in [2.24, 2.45) is 0 Å². The maximum Gasteiger partial charge on any atom is 0.278 e. The number of aromatic nitrogens is 1.